The molecule has 23 heavy (non-hydrogen) atoms. The van der Waals surface area contributed by atoms with Crippen LogP contribution in [0.1, 0.15) is 36.0 Å². The maximum atomic E-state index is 14.1. The summed E-state index contributed by atoms with van der Waals surface area (Å²) in [6.45, 7) is 0. The molecule has 0 spiro atoms. The Hall–Kier alpha value is -2.31. The van der Waals surface area contributed by atoms with Crippen LogP contribution in [0.5, 0.6) is 11.5 Å². The van der Waals surface area contributed by atoms with Crippen LogP contribution in [-0.4, -0.2) is 37.2 Å². The fraction of sp³-hybridized carbons (Fsp3) is 0.500. The van der Waals surface area contributed by atoms with Crippen molar-refractivity contribution in [2.75, 3.05) is 14.2 Å². The van der Waals surface area contributed by atoms with Gasteiger partial charge in [-0.3, -0.25) is 9.59 Å². The number of hydrogen-bond acceptors (Lipinski definition) is 4. The summed E-state index contributed by atoms with van der Waals surface area (Å²) in [7, 11) is 2.79. The molecule has 1 aliphatic rings. The van der Waals surface area contributed by atoms with E-state index in [2.05, 4.69) is 5.32 Å². The average Bonchev–Trinajstić information content (AvgIpc) is 2.54. The molecular weight excluding hydrogens is 305 g/mol. The molecule has 6 nitrogen and oxygen atoms in total. The van der Waals surface area contributed by atoms with Crippen LogP contribution in [0.15, 0.2) is 12.1 Å². The van der Waals surface area contributed by atoms with E-state index in [1.165, 1.54) is 20.3 Å². The van der Waals surface area contributed by atoms with Gasteiger partial charge in [0, 0.05) is 12.1 Å². The second-order valence-electron chi connectivity index (χ2n) is 5.55. The van der Waals surface area contributed by atoms with Crippen molar-refractivity contribution in [1.82, 2.24) is 5.32 Å². The molecule has 0 bridgehead atoms. The Morgan fingerprint density at radius 2 is 1.70 bits per heavy atom. The van der Waals surface area contributed by atoms with Crippen molar-refractivity contribution in [1.29, 1.82) is 0 Å². The van der Waals surface area contributed by atoms with Gasteiger partial charge in [-0.1, -0.05) is 0 Å². The van der Waals surface area contributed by atoms with Crippen LogP contribution in [0.3, 0.4) is 0 Å². The summed E-state index contributed by atoms with van der Waals surface area (Å²) < 4.78 is 24.1. The summed E-state index contributed by atoms with van der Waals surface area (Å²) in [6, 6.07) is 2.26. The highest BCUT2D eigenvalue weighted by molar-refractivity contribution is 5.95. The molecule has 126 valence electrons. The van der Waals surface area contributed by atoms with E-state index in [0.717, 1.165) is 6.07 Å². The highest BCUT2D eigenvalue weighted by Crippen LogP contribution is 2.30. The maximum absolute atomic E-state index is 14.1. The van der Waals surface area contributed by atoms with Gasteiger partial charge >= 0.3 is 5.97 Å². The summed E-state index contributed by atoms with van der Waals surface area (Å²) >= 11 is 0. The first-order valence-corrected chi connectivity index (χ1v) is 7.41. The van der Waals surface area contributed by atoms with Crippen LogP contribution in [0.4, 0.5) is 4.39 Å². The Bertz CT molecular complexity index is 596. The van der Waals surface area contributed by atoms with Gasteiger partial charge in [0.05, 0.1) is 25.7 Å². The molecular formula is C16H20FNO5. The minimum Gasteiger partial charge on any atom is -0.493 e. The zero-order valence-electron chi connectivity index (χ0n) is 13.1. The first kappa shape index (κ1) is 17.1. The van der Waals surface area contributed by atoms with E-state index in [4.69, 9.17) is 14.6 Å². The number of nitrogens with one attached hydrogen (secondary N) is 1. The topological polar surface area (TPSA) is 84.9 Å². The second kappa shape index (κ2) is 7.30. The lowest BCUT2D eigenvalue weighted by Gasteiger charge is -2.27. The van der Waals surface area contributed by atoms with Crippen LogP contribution in [-0.2, 0) is 4.79 Å². The Balaban J connectivity index is 2.05. The SMILES string of the molecule is COc1cc(F)c(C(=O)NC2CCC(C(=O)O)CC2)cc1OC. The van der Waals surface area contributed by atoms with Crippen LogP contribution in [0.2, 0.25) is 0 Å². The van der Waals surface area contributed by atoms with E-state index in [0.29, 0.717) is 25.7 Å². The van der Waals surface area contributed by atoms with E-state index in [9.17, 15) is 14.0 Å². The first-order chi connectivity index (χ1) is 11.0. The standard InChI is InChI=1S/C16H20FNO5/c1-22-13-7-11(12(17)8-14(13)23-2)15(19)18-10-5-3-9(4-6-10)16(20)21/h7-10H,3-6H2,1-2H3,(H,18,19)(H,20,21). The number of carbonyl (C=O) groups excluding carboxylic acids is 1. The van der Waals surface area contributed by atoms with Crippen LogP contribution in [0.25, 0.3) is 0 Å². The van der Waals surface area contributed by atoms with Gasteiger partial charge in [0.25, 0.3) is 5.91 Å². The molecule has 0 heterocycles. The molecule has 0 unspecified atom stereocenters. The minimum absolute atomic E-state index is 0.122. The van der Waals surface area contributed by atoms with E-state index in [1.54, 1.807) is 0 Å². The molecule has 1 fully saturated rings. The van der Waals surface area contributed by atoms with Crippen molar-refractivity contribution in [3.05, 3.63) is 23.5 Å². The molecule has 1 aromatic carbocycles. The van der Waals surface area contributed by atoms with Crippen LogP contribution in [0, 0.1) is 11.7 Å². The third kappa shape index (κ3) is 3.91. The number of rotatable bonds is 5. The van der Waals surface area contributed by atoms with Crippen LogP contribution >= 0.6 is 0 Å². The maximum Gasteiger partial charge on any atom is 0.306 e. The van der Waals surface area contributed by atoms with Gasteiger partial charge in [0.2, 0.25) is 0 Å². The number of methoxy groups -OCH3 is 2. The Labute approximate surface area is 133 Å². The summed E-state index contributed by atoms with van der Waals surface area (Å²) in [5.74, 6) is -1.92. The number of amides is 1. The minimum atomic E-state index is -0.805. The molecule has 1 aromatic rings. The number of hydrogen-bond donors (Lipinski definition) is 2. The van der Waals surface area contributed by atoms with Gasteiger partial charge < -0.3 is 19.9 Å². The smallest absolute Gasteiger partial charge is 0.306 e. The van der Waals surface area contributed by atoms with Gasteiger partial charge in [-0.15, -0.1) is 0 Å². The fourth-order valence-electron chi connectivity index (χ4n) is 2.78. The van der Waals surface area contributed by atoms with Crippen molar-refractivity contribution < 1.29 is 28.6 Å². The van der Waals surface area contributed by atoms with E-state index < -0.39 is 17.7 Å². The molecule has 0 atom stereocenters. The number of ether oxygens (including phenoxy) is 2. The Morgan fingerprint density at radius 1 is 1.13 bits per heavy atom. The number of halogens is 1. The third-order valence-electron chi connectivity index (χ3n) is 4.13. The van der Waals surface area contributed by atoms with Crippen molar-refractivity contribution in [3.8, 4) is 11.5 Å². The lowest BCUT2D eigenvalue weighted by molar-refractivity contribution is -0.142. The number of aliphatic carboxylic acids is 1. The summed E-state index contributed by atoms with van der Waals surface area (Å²) in [6.07, 6.45) is 2.15. The molecule has 7 heteroatoms. The quantitative estimate of drug-likeness (QED) is 0.867. The van der Waals surface area contributed by atoms with E-state index >= 15 is 0 Å². The molecule has 2 N–H and O–H groups in total. The van der Waals surface area contributed by atoms with Crippen LogP contribution < -0.4 is 14.8 Å². The lowest BCUT2D eigenvalue weighted by atomic mass is 9.86. The van der Waals surface area contributed by atoms with Crippen molar-refractivity contribution in [2.45, 2.75) is 31.7 Å². The number of benzene rings is 1. The van der Waals surface area contributed by atoms with Crippen molar-refractivity contribution in [3.63, 3.8) is 0 Å². The Morgan fingerprint density at radius 3 is 2.22 bits per heavy atom. The summed E-state index contributed by atoms with van der Waals surface area (Å²) in [4.78, 5) is 23.2. The molecule has 0 aliphatic heterocycles. The Kier molecular flexibility index (Phi) is 5.41. The second-order valence-corrected chi connectivity index (χ2v) is 5.55. The van der Waals surface area contributed by atoms with Gasteiger partial charge in [0.15, 0.2) is 11.5 Å². The molecule has 0 saturated heterocycles. The number of carboxylic acids is 1. The monoisotopic (exact) mass is 325 g/mol. The average molecular weight is 325 g/mol. The number of carboxylic acid groups (broad SMARTS) is 1. The molecule has 0 radical (unpaired) electrons. The molecule has 1 amide bonds. The predicted octanol–water partition coefficient (Wildman–Crippen LogP) is 2.22. The van der Waals surface area contributed by atoms with Gasteiger partial charge in [-0.2, -0.15) is 0 Å². The van der Waals surface area contributed by atoms with Gasteiger partial charge in [-0.25, -0.2) is 4.39 Å². The first-order valence-electron chi connectivity index (χ1n) is 7.41. The van der Waals surface area contributed by atoms with Crippen molar-refractivity contribution in [2.24, 2.45) is 5.92 Å². The molecule has 1 aliphatic carbocycles. The predicted molar refractivity (Wildman–Crippen MR) is 80.4 cm³/mol. The largest absolute Gasteiger partial charge is 0.493 e. The molecule has 0 aromatic heterocycles. The fourth-order valence-corrected chi connectivity index (χ4v) is 2.78. The summed E-state index contributed by atoms with van der Waals surface area (Å²) in [5, 5.41) is 11.7. The van der Waals surface area contributed by atoms with E-state index in [1.807, 2.05) is 0 Å². The lowest BCUT2D eigenvalue weighted by Crippen LogP contribution is -2.39. The van der Waals surface area contributed by atoms with E-state index in [-0.39, 0.29) is 29.0 Å². The zero-order valence-corrected chi connectivity index (χ0v) is 13.1. The molecule has 2 rings (SSSR count). The zero-order chi connectivity index (χ0) is 17.0. The normalized spacial score (nSPS) is 20.7. The number of carbonyl (C=O) groups is 2. The third-order valence-corrected chi connectivity index (χ3v) is 4.13. The molecule has 1 saturated carbocycles. The summed E-state index contributed by atoms with van der Waals surface area (Å²) in [5.41, 5.74) is -0.122. The highest BCUT2D eigenvalue weighted by atomic mass is 19.1. The van der Waals surface area contributed by atoms with Gasteiger partial charge in [-0.05, 0) is 31.7 Å². The van der Waals surface area contributed by atoms with Crippen molar-refractivity contribution >= 4 is 11.9 Å². The van der Waals surface area contributed by atoms with Gasteiger partial charge in [0.1, 0.15) is 5.82 Å². The highest BCUT2D eigenvalue weighted by Gasteiger charge is 2.27.